The van der Waals surface area contributed by atoms with Crippen LogP contribution in [0.25, 0.3) is 0 Å². The van der Waals surface area contributed by atoms with Crippen LogP contribution in [0.1, 0.15) is 19.3 Å². The van der Waals surface area contributed by atoms with Crippen LogP contribution in [0.4, 0.5) is 10.5 Å². The Morgan fingerprint density at radius 1 is 1.39 bits per heavy atom. The molecular formula is C14H21N3O. The van der Waals surface area contributed by atoms with Gasteiger partial charge in [0, 0.05) is 18.3 Å². The molecule has 1 aliphatic heterocycles. The second-order valence-corrected chi connectivity index (χ2v) is 4.68. The lowest BCUT2D eigenvalue weighted by Crippen LogP contribution is -2.39. The Labute approximate surface area is 108 Å². The van der Waals surface area contributed by atoms with Crippen molar-refractivity contribution in [2.24, 2.45) is 0 Å². The lowest BCUT2D eigenvalue weighted by Gasteiger charge is -2.25. The minimum atomic E-state index is 0.0276. The molecule has 1 atom stereocenters. The fourth-order valence-corrected chi connectivity index (χ4v) is 2.43. The molecule has 2 N–H and O–H groups in total. The largest absolute Gasteiger partial charge is 0.322 e. The van der Waals surface area contributed by atoms with Crippen LogP contribution in [0, 0.1) is 0 Å². The predicted octanol–water partition coefficient (Wildman–Crippen LogP) is 2.29. The molecule has 1 fully saturated rings. The van der Waals surface area contributed by atoms with Crippen molar-refractivity contribution in [3.8, 4) is 0 Å². The van der Waals surface area contributed by atoms with Gasteiger partial charge in [0.05, 0.1) is 0 Å². The van der Waals surface area contributed by atoms with Gasteiger partial charge in [-0.15, -0.1) is 0 Å². The van der Waals surface area contributed by atoms with E-state index in [4.69, 9.17) is 0 Å². The summed E-state index contributed by atoms with van der Waals surface area (Å²) in [7, 11) is 1.95. The Hall–Kier alpha value is -1.55. The third-order valence-corrected chi connectivity index (χ3v) is 3.39. The molecule has 1 unspecified atom stereocenters. The van der Waals surface area contributed by atoms with Crippen LogP contribution in [0.15, 0.2) is 30.3 Å². The smallest absolute Gasteiger partial charge is 0.322 e. The third kappa shape index (κ3) is 3.23. The van der Waals surface area contributed by atoms with Gasteiger partial charge >= 0.3 is 6.03 Å². The fourth-order valence-electron chi connectivity index (χ4n) is 2.43. The third-order valence-electron chi connectivity index (χ3n) is 3.39. The van der Waals surface area contributed by atoms with Gasteiger partial charge in [0.25, 0.3) is 0 Å². The van der Waals surface area contributed by atoms with Crippen LogP contribution >= 0.6 is 0 Å². The minimum Gasteiger partial charge on any atom is -0.322 e. The van der Waals surface area contributed by atoms with Gasteiger partial charge in [0.1, 0.15) is 0 Å². The van der Waals surface area contributed by atoms with Gasteiger partial charge in [0.2, 0.25) is 0 Å². The van der Waals surface area contributed by atoms with E-state index in [9.17, 15) is 4.79 Å². The molecule has 4 nitrogen and oxygen atoms in total. The first kappa shape index (κ1) is 12.9. The number of rotatable bonds is 4. The van der Waals surface area contributed by atoms with E-state index in [2.05, 4.69) is 10.6 Å². The molecule has 0 spiro atoms. The molecule has 4 heteroatoms. The average molecular weight is 247 g/mol. The summed E-state index contributed by atoms with van der Waals surface area (Å²) in [5.74, 6) is 0. The quantitative estimate of drug-likeness (QED) is 0.857. The van der Waals surface area contributed by atoms with Crippen molar-refractivity contribution in [3.63, 3.8) is 0 Å². The van der Waals surface area contributed by atoms with Gasteiger partial charge in [-0.05, 0) is 45.0 Å². The molecule has 0 aromatic heterocycles. The summed E-state index contributed by atoms with van der Waals surface area (Å²) < 4.78 is 0. The molecular weight excluding hydrogens is 226 g/mol. The van der Waals surface area contributed by atoms with Crippen molar-refractivity contribution in [1.29, 1.82) is 0 Å². The summed E-state index contributed by atoms with van der Waals surface area (Å²) in [6.45, 7) is 1.83. The van der Waals surface area contributed by atoms with E-state index in [0.29, 0.717) is 6.04 Å². The monoisotopic (exact) mass is 247 g/mol. The Morgan fingerprint density at radius 2 is 2.17 bits per heavy atom. The molecule has 1 aromatic carbocycles. The van der Waals surface area contributed by atoms with Crippen LogP contribution in [-0.2, 0) is 0 Å². The lowest BCUT2D eigenvalue weighted by atomic mass is 10.1. The molecule has 0 radical (unpaired) electrons. The van der Waals surface area contributed by atoms with E-state index in [1.807, 2.05) is 42.3 Å². The highest BCUT2D eigenvalue weighted by Crippen LogP contribution is 2.21. The molecule has 1 saturated heterocycles. The van der Waals surface area contributed by atoms with Gasteiger partial charge in [-0.1, -0.05) is 18.2 Å². The molecule has 1 heterocycles. The number of nitrogens with one attached hydrogen (secondary N) is 2. The number of hydrogen-bond donors (Lipinski definition) is 2. The second kappa shape index (κ2) is 6.40. The Bertz CT molecular complexity index is 380. The molecule has 18 heavy (non-hydrogen) atoms. The van der Waals surface area contributed by atoms with Crippen molar-refractivity contribution in [3.05, 3.63) is 30.3 Å². The van der Waals surface area contributed by atoms with Crippen LogP contribution in [0.3, 0.4) is 0 Å². The maximum atomic E-state index is 12.2. The maximum Gasteiger partial charge on any atom is 0.322 e. The van der Waals surface area contributed by atoms with Gasteiger partial charge in [-0.25, -0.2) is 4.79 Å². The van der Waals surface area contributed by atoms with Gasteiger partial charge in [-0.3, -0.25) is 0 Å². The van der Waals surface area contributed by atoms with E-state index >= 15 is 0 Å². The Morgan fingerprint density at radius 3 is 2.89 bits per heavy atom. The fraction of sp³-hybridized carbons (Fsp3) is 0.500. The highest BCUT2D eigenvalue weighted by Gasteiger charge is 2.27. The van der Waals surface area contributed by atoms with E-state index in [1.54, 1.807) is 0 Å². The molecule has 1 aliphatic rings. The normalized spacial score (nSPS) is 18.9. The summed E-state index contributed by atoms with van der Waals surface area (Å²) in [4.78, 5) is 14.1. The van der Waals surface area contributed by atoms with Crippen LogP contribution in [0.2, 0.25) is 0 Å². The topological polar surface area (TPSA) is 44.4 Å². The van der Waals surface area contributed by atoms with Crippen LogP contribution in [0.5, 0.6) is 0 Å². The summed E-state index contributed by atoms with van der Waals surface area (Å²) in [6, 6.07) is 10.0. The average Bonchev–Trinajstić information content (AvgIpc) is 2.86. The van der Waals surface area contributed by atoms with E-state index in [-0.39, 0.29) is 6.03 Å². The van der Waals surface area contributed by atoms with Crippen molar-refractivity contribution in [1.82, 2.24) is 10.2 Å². The number of benzene rings is 1. The second-order valence-electron chi connectivity index (χ2n) is 4.68. The number of amides is 2. The number of carbonyl (C=O) groups is 1. The van der Waals surface area contributed by atoms with E-state index < -0.39 is 0 Å². The lowest BCUT2D eigenvalue weighted by molar-refractivity contribution is 0.204. The van der Waals surface area contributed by atoms with E-state index in [1.165, 1.54) is 0 Å². The summed E-state index contributed by atoms with van der Waals surface area (Å²) >= 11 is 0. The zero-order valence-electron chi connectivity index (χ0n) is 10.9. The molecule has 0 bridgehead atoms. The molecule has 0 saturated carbocycles. The first-order chi connectivity index (χ1) is 8.81. The van der Waals surface area contributed by atoms with E-state index in [0.717, 1.165) is 38.0 Å². The number of urea groups is 1. The summed E-state index contributed by atoms with van der Waals surface area (Å²) in [5, 5.41) is 6.10. The first-order valence-electron chi connectivity index (χ1n) is 6.58. The van der Waals surface area contributed by atoms with Gasteiger partial charge in [-0.2, -0.15) is 0 Å². The summed E-state index contributed by atoms with van der Waals surface area (Å²) in [6.07, 6.45) is 3.25. The van der Waals surface area contributed by atoms with Crippen LogP contribution < -0.4 is 10.6 Å². The maximum absolute atomic E-state index is 12.2. The first-order valence-corrected chi connectivity index (χ1v) is 6.58. The Balaban J connectivity index is 1.91. The minimum absolute atomic E-state index is 0.0276. The zero-order chi connectivity index (χ0) is 12.8. The highest BCUT2D eigenvalue weighted by molar-refractivity contribution is 5.89. The van der Waals surface area contributed by atoms with Crippen LogP contribution in [-0.4, -0.2) is 37.1 Å². The highest BCUT2D eigenvalue weighted by atomic mass is 16.2. The van der Waals surface area contributed by atoms with Crippen molar-refractivity contribution < 1.29 is 4.79 Å². The molecule has 1 aromatic rings. The predicted molar refractivity (Wildman–Crippen MR) is 73.7 cm³/mol. The molecule has 2 rings (SSSR count). The van der Waals surface area contributed by atoms with Gasteiger partial charge in [0.15, 0.2) is 0 Å². The van der Waals surface area contributed by atoms with Crippen molar-refractivity contribution in [2.75, 3.05) is 25.5 Å². The Kier molecular flexibility index (Phi) is 4.59. The number of carbonyl (C=O) groups excluding carboxylic acids is 1. The number of hydrogen-bond acceptors (Lipinski definition) is 2. The number of anilines is 1. The number of likely N-dealkylation sites (tertiary alicyclic amines) is 1. The number of nitrogens with zero attached hydrogens (tertiary/aromatic N) is 1. The van der Waals surface area contributed by atoms with Crippen molar-refractivity contribution in [2.45, 2.75) is 25.3 Å². The standard InChI is InChI=1S/C14H21N3O/c1-15-10-9-13-8-5-11-17(13)14(18)16-12-6-3-2-4-7-12/h2-4,6-7,13,15H,5,8-11H2,1H3,(H,16,18). The number of para-hydroxylation sites is 1. The van der Waals surface area contributed by atoms with Gasteiger partial charge < -0.3 is 15.5 Å². The zero-order valence-corrected chi connectivity index (χ0v) is 10.9. The molecule has 98 valence electrons. The SMILES string of the molecule is CNCCC1CCCN1C(=O)Nc1ccccc1. The summed E-state index contributed by atoms with van der Waals surface area (Å²) in [5.41, 5.74) is 0.863. The molecule has 0 aliphatic carbocycles. The molecule has 2 amide bonds. The van der Waals surface area contributed by atoms with Crippen molar-refractivity contribution >= 4 is 11.7 Å².